The third-order valence-electron chi connectivity index (χ3n) is 3.78. The zero-order valence-corrected chi connectivity index (χ0v) is 13.2. The third kappa shape index (κ3) is 2.82. The SMILES string of the molecule is NS(=O)(=O)c1ccc2c(c1)CCN2Cc1c(F)cccc1Cl. The van der Waals surface area contributed by atoms with Crippen LogP contribution < -0.4 is 10.0 Å². The summed E-state index contributed by atoms with van der Waals surface area (Å²) in [7, 11) is -3.71. The van der Waals surface area contributed by atoms with Crippen LogP contribution in [0.3, 0.4) is 0 Å². The van der Waals surface area contributed by atoms with Crippen LogP contribution >= 0.6 is 11.6 Å². The van der Waals surface area contributed by atoms with Gasteiger partial charge in [0, 0.05) is 29.4 Å². The molecule has 3 rings (SSSR count). The van der Waals surface area contributed by atoms with Crippen LogP contribution in [0.15, 0.2) is 41.3 Å². The molecule has 0 bridgehead atoms. The van der Waals surface area contributed by atoms with E-state index in [1.54, 1.807) is 24.3 Å². The van der Waals surface area contributed by atoms with Gasteiger partial charge < -0.3 is 4.90 Å². The molecule has 0 saturated carbocycles. The molecule has 0 radical (unpaired) electrons. The van der Waals surface area contributed by atoms with Gasteiger partial charge in [0.1, 0.15) is 5.82 Å². The summed E-state index contributed by atoms with van der Waals surface area (Å²) in [5, 5.41) is 5.52. The summed E-state index contributed by atoms with van der Waals surface area (Å²) in [5.74, 6) is -0.345. The zero-order valence-electron chi connectivity index (χ0n) is 11.6. The van der Waals surface area contributed by atoms with Gasteiger partial charge in [-0.2, -0.15) is 0 Å². The Morgan fingerprint density at radius 1 is 1.27 bits per heavy atom. The molecule has 0 unspecified atom stereocenters. The first-order valence-electron chi connectivity index (χ1n) is 6.70. The molecule has 116 valence electrons. The molecule has 2 aromatic carbocycles. The van der Waals surface area contributed by atoms with Crippen molar-refractivity contribution in [3.8, 4) is 0 Å². The van der Waals surface area contributed by atoms with E-state index >= 15 is 0 Å². The number of anilines is 1. The highest BCUT2D eigenvalue weighted by molar-refractivity contribution is 7.89. The minimum absolute atomic E-state index is 0.0945. The fourth-order valence-electron chi connectivity index (χ4n) is 2.66. The Kier molecular flexibility index (Phi) is 3.84. The Morgan fingerprint density at radius 3 is 2.73 bits per heavy atom. The minimum Gasteiger partial charge on any atom is -0.366 e. The molecule has 1 heterocycles. The van der Waals surface area contributed by atoms with Crippen LogP contribution in [0.5, 0.6) is 0 Å². The maximum atomic E-state index is 13.9. The van der Waals surface area contributed by atoms with Crippen molar-refractivity contribution >= 4 is 27.3 Å². The number of sulfonamides is 1. The number of rotatable bonds is 3. The third-order valence-corrected chi connectivity index (χ3v) is 5.05. The van der Waals surface area contributed by atoms with Crippen LogP contribution in [0, 0.1) is 5.82 Å². The van der Waals surface area contributed by atoms with E-state index in [2.05, 4.69) is 0 Å². The lowest BCUT2D eigenvalue weighted by Crippen LogP contribution is -2.20. The summed E-state index contributed by atoms with van der Waals surface area (Å²) in [6, 6.07) is 9.35. The van der Waals surface area contributed by atoms with Crippen molar-refractivity contribution in [2.45, 2.75) is 17.9 Å². The molecule has 0 aliphatic carbocycles. The van der Waals surface area contributed by atoms with Gasteiger partial charge in [0.2, 0.25) is 10.0 Å². The Balaban J connectivity index is 1.92. The fourth-order valence-corrected chi connectivity index (χ4v) is 3.45. The van der Waals surface area contributed by atoms with E-state index < -0.39 is 10.0 Å². The Hall–Kier alpha value is -1.63. The second kappa shape index (κ2) is 5.53. The fraction of sp³-hybridized carbons (Fsp3) is 0.200. The average molecular weight is 341 g/mol. The largest absolute Gasteiger partial charge is 0.366 e. The number of hydrogen-bond acceptors (Lipinski definition) is 3. The minimum atomic E-state index is -3.71. The monoisotopic (exact) mass is 340 g/mol. The van der Waals surface area contributed by atoms with Crippen LogP contribution in [0.2, 0.25) is 5.02 Å². The molecule has 0 aromatic heterocycles. The molecule has 0 fully saturated rings. The van der Waals surface area contributed by atoms with Crippen molar-refractivity contribution in [3.63, 3.8) is 0 Å². The molecule has 0 amide bonds. The van der Waals surface area contributed by atoms with Gasteiger partial charge in [-0.05, 0) is 42.3 Å². The van der Waals surface area contributed by atoms with E-state index in [0.717, 1.165) is 11.3 Å². The number of nitrogens with zero attached hydrogens (tertiary/aromatic N) is 1. The summed E-state index contributed by atoms with van der Waals surface area (Å²) >= 11 is 6.06. The summed E-state index contributed by atoms with van der Waals surface area (Å²) < 4.78 is 36.7. The van der Waals surface area contributed by atoms with Gasteiger partial charge in [-0.25, -0.2) is 17.9 Å². The molecule has 0 atom stereocenters. The standard InChI is InChI=1S/C15H14ClFN2O2S/c16-13-2-1-3-14(17)12(13)9-19-7-6-10-8-11(22(18,20)21)4-5-15(10)19/h1-5,8H,6-7,9H2,(H2,18,20,21). The molecule has 4 nitrogen and oxygen atoms in total. The summed E-state index contributed by atoms with van der Waals surface area (Å²) in [4.78, 5) is 2.07. The lowest BCUT2D eigenvalue weighted by atomic mass is 10.1. The molecule has 2 N–H and O–H groups in total. The number of hydrogen-bond donors (Lipinski definition) is 1. The normalized spacial score (nSPS) is 14.2. The lowest BCUT2D eigenvalue weighted by Gasteiger charge is -2.20. The number of fused-ring (bicyclic) bond motifs is 1. The quantitative estimate of drug-likeness (QED) is 0.934. The topological polar surface area (TPSA) is 63.4 Å². The van der Waals surface area contributed by atoms with Gasteiger partial charge in [0.15, 0.2) is 0 Å². The number of benzene rings is 2. The van der Waals surface area contributed by atoms with Gasteiger partial charge in [-0.15, -0.1) is 0 Å². The number of nitrogens with two attached hydrogens (primary N) is 1. The second-order valence-corrected chi connectivity index (χ2v) is 7.18. The predicted molar refractivity (Wildman–Crippen MR) is 84.0 cm³/mol. The first-order chi connectivity index (χ1) is 10.4. The van der Waals surface area contributed by atoms with Crippen LogP contribution in [0.25, 0.3) is 0 Å². The van der Waals surface area contributed by atoms with Crippen molar-refractivity contribution in [2.24, 2.45) is 5.14 Å². The summed E-state index contributed by atoms with van der Waals surface area (Å²) in [5.41, 5.74) is 2.21. The maximum Gasteiger partial charge on any atom is 0.238 e. The smallest absolute Gasteiger partial charge is 0.238 e. The zero-order chi connectivity index (χ0) is 15.9. The lowest BCUT2D eigenvalue weighted by molar-refractivity contribution is 0.597. The van der Waals surface area contributed by atoms with E-state index in [9.17, 15) is 12.8 Å². The van der Waals surface area contributed by atoms with E-state index in [-0.39, 0.29) is 10.7 Å². The number of primary sulfonamides is 1. The van der Waals surface area contributed by atoms with E-state index in [0.29, 0.717) is 30.1 Å². The first kappa shape index (κ1) is 15.3. The van der Waals surface area contributed by atoms with Gasteiger partial charge in [0.05, 0.1) is 4.90 Å². The Labute approximate surface area is 133 Å². The van der Waals surface area contributed by atoms with Gasteiger partial charge >= 0.3 is 0 Å². The van der Waals surface area contributed by atoms with Crippen molar-refractivity contribution in [1.29, 1.82) is 0 Å². The molecule has 2 aromatic rings. The van der Waals surface area contributed by atoms with E-state index in [1.165, 1.54) is 12.1 Å². The van der Waals surface area contributed by atoms with Crippen LogP contribution in [-0.2, 0) is 23.0 Å². The highest BCUT2D eigenvalue weighted by Crippen LogP contribution is 2.32. The molecule has 0 saturated heterocycles. The van der Waals surface area contributed by atoms with Crippen LogP contribution in [0.4, 0.5) is 10.1 Å². The van der Waals surface area contributed by atoms with Crippen molar-refractivity contribution in [3.05, 3.63) is 58.4 Å². The van der Waals surface area contributed by atoms with E-state index in [4.69, 9.17) is 16.7 Å². The molecule has 22 heavy (non-hydrogen) atoms. The van der Waals surface area contributed by atoms with Crippen LogP contribution in [0.1, 0.15) is 11.1 Å². The second-order valence-electron chi connectivity index (χ2n) is 5.21. The highest BCUT2D eigenvalue weighted by atomic mass is 35.5. The van der Waals surface area contributed by atoms with Crippen molar-refractivity contribution < 1.29 is 12.8 Å². The van der Waals surface area contributed by atoms with Crippen molar-refractivity contribution in [1.82, 2.24) is 0 Å². The Bertz CT molecular complexity index is 819. The molecular weight excluding hydrogens is 327 g/mol. The average Bonchev–Trinajstić information content (AvgIpc) is 2.84. The number of halogens is 2. The van der Waals surface area contributed by atoms with Crippen molar-refractivity contribution in [2.75, 3.05) is 11.4 Å². The van der Waals surface area contributed by atoms with Gasteiger partial charge in [-0.3, -0.25) is 0 Å². The van der Waals surface area contributed by atoms with Gasteiger partial charge in [-0.1, -0.05) is 17.7 Å². The first-order valence-corrected chi connectivity index (χ1v) is 8.62. The molecule has 7 heteroatoms. The highest BCUT2D eigenvalue weighted by Gasteiger charge is 2.23. The van der Waals surface area contributed by atoms with Crippen LogP contribution in [-0.4, -0.2) is 15.0 Å². The molecule has 1 aliphatic heterocycles. The summed E-state index contributed by atoms with van der Waals surface area (Å²) in [6.07, 6.45) is 0.685. The molecule has 0 spiro atoms. The molecule has 1 aliphatic rings. The molecular formula is C15H14ClFN2O2S. The summed E-state index contributed by atoms with van der Waals surface area (Å²) in [6.45, 7) is 1.02. The van der Waals surface area contributed by atoms with Gasteiger partial charge in [0.25, 0.3) is 0 Å². The maximum absolute atomic E-state index is 13.9. The Morgan fingerprint density at radius 2 is 2.05 bits per heavy atom. The van der Waals surface area contributed by atoms with E-state index in [1.807, 2.05) is 4.90 Å². The predicted octanol–water partition coefficient (Wildman–Crippen LogP) is 2.69.